The highest BCUT2D eigenvalue weighted by Gasteiger charge is 2.58. The third-order valence-electron chi connectivity index (χ3n) is 11.8. The summed E-state index contributed by atoms with van der Waals surface area (Å²) in [5.74, 6) is 0.583. The molecular weight excluding hydrogens is 636 g/mol. The molecule has 6 aliphatic rings. The molecule has 47 heavy (non-hydrogen) atoms. The predicted octanol–water partition coefficient (Wildman–Crippen LogP) is 7.69. The Balaban J connectivity index is 1.33. The molecule has 7 nitrogen and oxygen atoms in total. The number of hydrogen-bond acceptors (Lipinski definition) is 5. The standard InChI is InChI=1S/C37H36Cl2FN5O2/c1-17-23-15-28(36-24-13-21(14-29(24)47-2)44(36)37(46)18-8-9-18)45(34-20-12-27(34)42-16-20)35(23)25-11-19(5-4-10-41)30(32(40)33(25)43-17)22-6-3-7-26(38)31(22)39/h3,6-7,11,15,18,20-21,24,27,29,34,36,42H,4-5,8-9,12-14,16H2,1-2H3. The maximum atomic E-state index is 17.1. The van der Waals surface area contributed by atoms with Gasteiger partial charge in [-0.2, -0.15) is 5.26 Å². The summed E-state index contributed by atoms with van der Waals surface area (Å²) in [6.07, 6.45) is 5.51. The molecule has 0 radical (unpaired) electrons. The van der Waals surface area contributed by atoms with Crippen molar-refractivity contribution in [2.75, 3.05) is 13.7 Å². The molecule has 2 aromatic heterocycles. The zero-order chi connectivity index (χ0) is 32.3. The first-order valence-electron chi connectivity index (χ1n) is 16.9. The zero-order valence-electron chi connectivity index (χ0n) is 26.4. The summed E-state index contributed by atoms with van der Waals surface area (Å²) in [4.78, 5) is 21.1. The van der Waals surface area contributed by atoms with Gasteiger partial charge in [0.15, 0.2) is 5.82 Å². The van der Waals surface area contributed by atoms with Crippen molar-refractivity contribution in [2.45, 2.75) is 82.1 Å². The van der Waals surface area contributed by atoms with Crippen LogP contribution in [0.4, 0.5) is 4.39 Å². The van der Waals surface area contributed by atoms with Crippen LogP contribution in [0.1, 0.15) is 67.6 Å². The van der Waals surface area contributed by atoms with E-state index in [-0.39, 0.29) is 58.9 Å². The lowest BCUT2D eigenvalue weighted by atomic mass is 9.79. The molecule has 4 aromatic rings. The molecule has 10 heteroatoms. The second-order valence-electron chi connectivity index (χ2n) is 14.3. The van der Waals surface area contributed by atoms with E-state index in [4.69, 9.17) is 32.9 Å². The summed E-state index contributed by atoms with van der Waals surface area (Å²) in [7, 11) is 1.79. The van der Waals surface area contributed by atoms with Crippen molar-refractivity contribution in [3.8, 4) is 17.2 Å². The highest BCUT2D eigenvalue weighted by molar-refractivity contribution is 6.43. The maximum absolute atomic E-state index is 17.1. The van der Waals surface area contributed by atoms with Crippen LogP contribution < -0.4 is 5.32 Å². The monoisotopic (exact) mass is 671 g/mol. The molecule has 1 amide bonds. The molecule has 6 fully saturated rings. The Kier molecular flexibility index (Phi) is 6.93. The largest absolute Gasteiger partial charge is 0.381 e. The fourth-order valence-electron chi connectivity index (χ4n) is 9.56. The van der Waals surface area contributed by atoms with Gasteiger partial charge in [-0.15, -0.1) is 0 Å². The third kappa shape index (κ3) is 4.29. The topological polar surface area (TPSA) is 83.2 Å². The smallest absolute Gasteiger partial charge is 0.226 e. The summed E-state index contributed by atoms with van der Waals surface area (Å²) in [6, 6.07) is 12.3. The fourth-order valence-corrected chi connectivity index (χ4v) is 9.95. The number of amides is 1. The van der Waals surface area contributed by atoms with Gasteiger partial charge in [-0.3, -0.25) is 4.79 Å². The van der Waals surface area contributed by atoms with Gasteiger partial charge >= 0.3 is 0 Å². The number of fused-ring (bicyclic) bond motifs is 6. The van der Waals surface area contributed by atoms with Crippen molar-refractivity contribution in [1.82, 2.24) is 19.8 Å². The van der Waals surface area contributed by atoms with Gasteiger partial charge in [0, 0.05) is 77.3 Å². The maximum Gasteiger partial charge on any atom is 0.226 e. The van der Waals surface area contributed by atoms with Gasteiger partial charge in [-0.05, 0) is 75.1 Å². The van der Waals surface area contributed by atoms with E-state index in [1.54, 1.807) is 25.3 Å². The lowest BCUT2D eigenvalue weighted by Gasteiger charge is -2.43. The summed E-state index contributed by atoms with van der Waals surface area (Å²) < 4.78 is 25.6. The van der Waals surface area contributed by atoms with Gasteiger partial charge in [0.05, 0.1) is 39.8 Å². The van der Waals surface area contributed by atoms with Crippen LogP contribution in [0, 0.1) is 41.8 Å². The first-order chi connectivity index (χ1) is 22.8. The van der Waals surface area contributed by atoms with Gasteiger partial charge in [0.25, 0.3) is 0 Å². The Labute approximate surface area is 283 Å². The van der Waals surface area contributed by atoms with Crippen LogP contribution in [0.3, 0.4) is 0 Å². The van der Waals surface area contributed by atoms with Crippen LogP contribution in [0.5, 0.6) is 0 Å². The number of methoxy groups -OCH3 is 1. The number of piperidine rings is 1. The number of nitrogens with zero attached hydrogens (tertiary/aromatic N) is 4. The van der Waals surface area contributed by atoms with Crippen LogP contribution in [-0.2, 0) is 16.0 Å². The number of benzene rings is 2. The molecule has 242 valence electrons. The second kappa shape index (κ2) is 10.9. The quantitative estimate of drug-likeness (QED) is 0.218. The fraction of sp³-hybridized carbons (Fsp3) is 0.486. The van der Waals surface area contributed by atoms with E-state index < -0.39 is 5.82 Å². The number of carbonyl (C=O) groups is 1. The van der Waals surface area contributed by atoms with E-state index in [1.165, 1.54) is 0 Å². The number of aryl methyl sites for hydroxylation is 2. The summed E-state index contributed by atoms with van der Waals surface area (Å²) >= 11 is 13.1. The average molecular weight is 673 g/mol. The van der Waals surface area contributed by atoms with E-state index in [0.717, 1.165) is 66.3 Å². The zero-order valence-corrected chi connectivity index (χ0v) is 27.9. The van der Waals surface area contributed by atoms with E-state index in [1.807, 2.05) is 13.0 Å². The molecule has 3 saturated carbocycles. The molecule has 4 bridgehead atoms. The molecule has 3 aliphatic carbocycles. The summed E-state index contributed by atoms with van der Waals surface area (Å²) in [5.41, 5.74) is 4.62. The van der Waals surface area contributed by atoms with Crippen LogP contribution in [0.25, 0.3) is 32.9 Å². The number of nitriles is 1. The number of aromatic nitrogens is 2. The minimum Gasteiger partial charge on any atom is -0.381 e. The lowest BCUT2D eigenvalue weighted by Crippen LogP contribution is -2.47. The molecular formula is C37H36Cl2FN5O2. The molecule has 2 aromatic carbocycles. The molecule has 5 heterocycles. The lowest BCUT2D eigenvalue weighted by molar-refractivity contribution is -0.139. The van der Waals surface area contributed by atoms with Gasteiger partial charge in [0.2, 0.25) is 5.91 Å². The van der Waals surface area contributed by atoms with E-state index in [2.05, 4.69) is 26.9 Å². The van der Waals surface area contributed by atoms with Crippen LogP contribution in [0.15, 0.2) is 30.3 Å². The Morgan fingerprint density at radius 2 is 2.02 bits per heavy atom. The Morgan fingerprint density at radius 1 is 1.19 bits per heavy atom. The number of nitrogens with one attached hydrogen (secondary N) is 1. The Bertz CT molecular complexity index is 2020. The number of likely N-dealkylation sites (tertiary alicyclic amines) is 1. The molecule has 3 aliphatic heterocycles. The molecule has 0 spiro atoms. The van der Waals surface area contributed by atoms with Crippen LogP contribution in [-0.4, -0.2) is 52.2 Å². The van der Waals surface area contributed by atoms with Gasteiger partial charge in [0.1, 0.15) is 5.52 Å². The SMILES string of the molecule is COC1CC2CC1C(c1cc3c(C)nc4c(F)c(-c5cccc(Cl)c5Cl)c(CCC#N)cc4c3n1C1C3CNC1C3)N2C(=O)C1CC1. The summed E-state index contributed by atoms with van der Waals surface area (Å²) in [5, 5.41) is 15.6. The second-order valence-corrected chi connectivity index (χ2v) is 15.1. The minimum atomic E-state index is -0.460. The highest BCUT2D eigenvalue weighted by Crippen LogP contribution is 2.56. The third-order valence-corrected chi connectivity index (χ3v) is 12.7. The van der Waals surface area contributed by atoms with Gasteiger partial charge < -0.3 is 19.5 Å². The van der Waals surface area contributed by atoms with Crippen molar-refractivity contribution in [3.63, 3.8) is 0 Å². The minimum absolute atomic E-state index is 0.0898. The van der Waals surface area contributed by atoms with Crippen molar-refractivity contribution in [3.05, 3.63) is 63.1 Å². The van der Waals surface area contributed by atoms with Crippen molar-refractivity contribution in [2.24, 2.45) is 17.8 Å². The first-order valence-corrected chi connectivity index (χ1v) is 17.6. The number of hydrogen-bond donors (Lipinski definition) is 1. The first kappa shape index (κ1) is 29.9. The van der Waals surface area contributed by atoms with E-state index >= 15 is 4.39 Å². The number of rotatable bonds is 7. The molecule has 7 atom stereocenters. The van der Waals surface area contributed by atoms with E-state index in [0.29, 0.717) is 40.1 Å². The number of carbonyl (C=O) groups excluding carboxylic acids is 1. The predicted molar refractivity (Wildman–Crippen MR) is 180 cm³/mol. The van der Waals surface area contributed by atoms with Gasteiger partial charge in [-0.25, -0.2) is 9.37 Å². The number of pyridine rings is 1. The van der Waals surface area contributed by atoms with Crippen LogP contribution >= 0.6 is 23.2 Å². The van der Waals surface area contributed by atoms with Crippen molar-refractivity contribution < 1.29 is 13.9 Å². The molecule has 1 N–H and O–H groups in total. The van der Waals surface area contributed by atoms with Crippen molar-refractivity contribution >= 4 is 50.9 Å². The normalized spacial score (nSPS) is 29.2. The molecule has 7 unspecified atom stereocenters. The number of halogens is 3. The summed E-state index contributed by atoms with van der Waals surface area (Å²) in [6.45, 7) is 2.89. The Hall–Kier alpha value is -3.22. The van der Waals surface area contributed by atoms with Crippen molar-refractivity contribution in [1.29, 1.82) is 5.26 Å². The van der Waals surface area contributed by atoms with Crippen LogP contribution in [0.2, 0.25) is 10.0 Å². The number of ether oxygens (including phenoxy) is 1. The van der Waals surface area contributed by atoms with E-state index in [9.17, 15) is 10.1 Å². The molecule has 3 saturated heterocycles. The van der Waals surface area contributed by atoms with Gasteiger partial charge in [-0.1, -0.05) is 35.3 Å². The highest BCUT2D eigenvalue weighted by atomic mass is 35.5. The molecule has 10 rings (SSSR count). The average Bonchev–Trinajstić information content (AvgIpc) is 3.46. The Morgan fingerprint density at radius 3 is 2.72 bits per heavy atom.